The van der Waals surface area contributed by atoms with Crippen LogP contribution in [0.15, 0.2) is 59.7 Å². The first-order chi connectivity index (χ1) is 10.9. The predicted molar refractivity (Wildman–Crippen MR) is 93.7 cm³/mol. The first-order valence-corrected chi connectivity index (χ1v) is 7.95. The first kappa shape index (κ1) is 16.1. The Kier molecular flexibility index (Phi) is 7.03. The van der Waals surface area contributed by atoms with E-state index in [0.717, 1.165) is 30.0 Å². The van der Waals surface area contributed by atoms with Crippen molar-refractivity contribution in [3.05, 3.63) is 60.2 Å². The van der Waals surface area contributed by atoms with Gasteiger partial charge in [0.2, 0.25) is 0 Å². The third kappa shape index (κ3) is 6.00. The largest absolute Gasteiger partial charge is 0.494 e. The maximum Gasteiger partial charge on any atom is 0.119 e. The Morgan fingerprint density at radius 1 is 1.00 bits per heavy atom. The third-order valence-electron chi connectivity index (χ3n) is 3.31. The molecular weight excluding hydrogens is 272 g/mol. The van der Waals surface area contributed by atoms with Gasteiger partial charge in [0.15, 0.2) is 0 Å². The van der Waals surface area contributed by atoms with Gasteiger partial charge in [0, 0.05) is 0 Å². The van der Waals surface area contributed by atoms with Gasteiger partial charge in [-0.15, -0.1) is 0 Å². The van der Waals surface area contributed by atoms with Crippen molar-refractivity contribution in [3.8, 4) is 5.75 Å². The van der Waals surface area contributed by atoms with Crippen LogP contribution in [-0.4, -0.2) is 12.8 Å². The van der Waals surface area contributed by atoms with Crippen LogP contribution in [0.1, 0.15) is 38.2 Å². The highest BCUT2D eigenvalue weighted by atomic mass is 16.5. The molecule has 3 nitrogen and oxygen atoms in total. The number of nitrogens with zero attached hydrogens (tertiary/aromatic N) is 1. The summed E-state index contributed by atoms with van der Waals surface area (Å²) in [7, 11) is 0. The van der Waals surface area contributed by atoms with E-state index in [-0.39, 0.29) is 0 Å². The lowest BCUT2D eigenvalue weighted by Crippen LogP contribution is -1.98. The summed E-state index contributed by atoms with van der Waals surface area (Å²) in [4.78, 5) is 0. The van der Waals surface area contributed by atoms with Crippen molar-refractivity contribution in [1.29, 1.82) is 0 Å². The normalized spacial score (nSPS) is 10.8. The zero-order valence-corrected chi connectivity index (χ0v) is 13.2. The van der Waals surface area contributed by atoms with Crippen molar-refractivity contribution in [3.63, 3.8) is 0 Å². The van der Waals surface area contributed by atoms with E-state index < -0.39 is 0 Å². The maximum absolute atomic E-state index is 5.78. The fourth-order valence-electron chi connectivity index (χ4n) is 2.10. The molecule has 2 aromatic rings. The molecule has 0 saturated heterocycles. The molecule has 116 valence electrons. The summed E-state index contributed by atoms with van der Waals surface area (Å²) in [5, 5.41) is 4.24. The molecule has 22 heavy (non-hydrogen) atoms. The van der Waals surface area contributed by atoms with Crippen LogP contribution in [-0.2, 0) is 0 Å². The Labute approximate surface area is 133 Å². The Balaban J connectivity index is 1.80. The van der Waals surface area contributed by atoms with E-state index in [1.54, 1.807) is 6.21 Å². The van der Waals surface area contributed by atoms with E-state index in [0.29, 0.717) is 0 Å². The molecule has 0 aliphatic carbocycles. The van der Waals surface area contributed by atoms with Crippen molar-refractivity contribution in [1.82, 2.24) is 0 Å². The van der Waals surface area contributed by atoms with E-state index in [1.165, 1.54) is 19.3 Å². The van der Waals surface area contributed by atoms with Crippen LogP contribution in [0, 0.1) is 0 Å². The Bertz CT molecular complexity index is 567. The first-order valence-electron chi connectivity index (χ1n) is 7.95. The van der Waals surface area contributed by atoms with Gasteiger partial charge in [0.25, 0.3) is 0 Å². The molecule has 3 heteroatoms. The molecule has 0 bridgehead atoms. The van der Waals surface area contributed by atoms with Gasteiger partial charge in [-0.25, -0.2) is 0 Å². The highest BCUT2D eigenvalue weighted by Crippen LogP contribution is 2.13. The molecule has 0 aromatic heterocycles. The van der Waals surface area contributed by atoms with Gasteiger partial charge in [-0.2, -0.15) is 5.10 Å². The number of ether oxygens (including phenoxy) is 1. The monoisotopic (exact) mass is 296 g/mol. The molecule has 0 spiro atoms. The maximum atomic E-state index is 5.78. The minimum absolute atomic E-state index is 0.781. The van der Waals surface area contributed by atoms with Crippen molar-refractivity contribution in [2.24, 2.45) is 5.10 Å². The summed E-state index contributed by atoms with van der Waals surface area (Å²) < 4.78 is 5.78. The van der Waals surface area contributed by atoms with Crippen LogP contribution in [0.5, 0.6) is 5.75 Å². The van der Waals surface area contributed by atoms with Gasteiger partial charge in [-0.1, -0.05) is 56.5 Å². The molecule has 0 aliphatic heterocycles. The number of hydrogen-bond acceptors (Lipinski definition) is 3. The number of para-hydroxylation sites is 1. The summed E-state index contributed by atoms with van der Waals surface area (Å²) in [6, 6.07) is 17.9. The molecular formula is C19H24N2O. The van der Waals surface area contributed by atoms with Crippen molar-refractivity contribution >= 4 is 11.9 Å². The van der Waals surface area contributed by atoms with Crippen LogP contribution < -0.4 is 10.2 Å². The summed E-state index contributed by atoms with van der Waals surface area (Å²) in [6.45, 7) is 3.00. The molecule has 0 unspecified atom stereocenters. The SMILES string of the molecule is CCCCCCOc1cccc(/C=N/Nc2ccccc2)c1. The minimum atomic E-state index is 0.781. The van der Waals surface area contributed by atoms with Gasteiger partial charge >= 0.3 is 0 Å². The Morgan fingerprint density at radius 2 is 1.86 bits per heavy atom. The highest BCUT2D eigenvalue weighted by Gasteiger charge is 1.96. The fourth-order valence-corrected chi connectivity index (χ4v) is 2.10. The molecule has 0 heterocycles. The highest BCUT2D eigenvalue weighted by molar-refractivity contribution is 5.80. The van der Waals surface area contributed by atoms with E-state index >= 15 is 0 Å². The molecule has 0 atom stereocenters. The molecule has 0 aliphatic rings. The van der Waals surface area contributed by atoms with Crippen molar-refractivity contribution in [2.45, 2.75) is 32.6 Å². The second-order valence-corrected chi connectivity index (χ2v) is 5.22. The Morgan fingerprint density at radius 3 is 2.68 bits per heavy atom. The average molecular weight is 296 g/mol. The zero-order valence-electron chi connectivity index (χ0n) is 13.2. The Hall–Kier alpha value is -2.29. The summed E-state index contributed by atoms with van der Waals surface area (Å²) in [5.74, 6) is 0.903. The topological polar surface area (TPSA) is 33.6 Å². The quantitative estimate of drug-likeness (QED) is 0.397. The van der Waals surface area contributed by atoms with Gasteiger partial charge in [-0.3, -0.25) is 5.43 Å². The summed E-state index contributed by atoms with van der Waals surface area (Å²) in [5.41, 5.74) is 5.00. The summed E-state index contributed by atoms with van der Waals surface area (Å²) >= 11 is 0. The van der Waals surface area contributed by atoms with Crippen LogP contribution in [0.2, 0.25) is 0 Å². The second kappa shape index (κ2) is 9.61. The number of rotatable bonds is 9. The number of anilines is 1. The molecule has 2 aromatic carbocycles. The fraction of sp³-hybridized carbons (Fsp3) is 0.316. The zero-order chi connectivity index (χ0) is 15.5. The number of hydrogen-bond donors (Lipinski definition) is 1. The van der Waals surface area contributed by atoms with Gasteiger partial charge < -0.3 is 4.74 Å². The molecule has 1 N–H and O–H groups in total. The number of unbranched alkanes of at least 4 members (excludes halogenated alkanes) is 3. The van der Waals surface area contributed by atoms with Gasteiger partial charge in [-0.05, 0) is 36.2 Å². The van der Waals surface area contributed by atoms with Crippen LogP contribution in [0.3, 0.4) is 0 Å². The third-order valence-corrected chi connectivity index (χ3v) is 3.31. The lowest BCUT2D eigenvalue weighted by molar-refractivity contribution is 0.305. The van der Waals surface area contributed by atoms with Crippen molar-refractivity contribution < 1.29 is 4.74 Å². The van der Waals surface area contributed by atoms with E-state index in [4.69, 9.17) is 4.74 Å². The predicted octanol–water partition coefficient (Wildman–Crippen LogP) is 5.09. The number of nitrogens with one attached hydrogen (secondary N) is 1. The molecule has 0 fully saturated rings. The minimum Gasteiger partial charge on any atom is -0.494 e. The molecule has 2 rings (SSSR count). The summed E-state index contributed by atoms with van der Waals surface area (Å²) in [6.07, 6.45) is 6.68. The van der Waals surface area contributed by atoms with Crippen LogP contribution >= 0.6 is 0 Å². The number of benzene rings is 2. The van der Waals surface area contributed by atoms with Gasteiger partial charge in [0.05, 0.1) is 18.5 Å². The molecule has 0 amide bonds. The number of hydrazone groups is 1. The van der Waals surface area contributed by atoms with Gasteiger partial charge in [0.1, 0.15) is 5.75 Å². The molecule has 0 radical (unpaired) electrons. The van der Waals surface area contributed by atoms with Crippen molar-refractivity contribution in [2.75, 3.05) is 12.0 Å². The standard InChI is InChI=1S/C19H24N2O/c1-2-3-4-8-14-22-19-13-9-10-17(15-19)16-20-21-18-11-6-5-7-12-18/h5-7,9-13,15-16,21H,2-4,8,14H2,1H3/b20-16+. The average Bonchev–Trinajstić information content (AvgIpc) is 2.56. The van der Waals surface area contributed by atoms with Crippen LogP contribution in [0.25, 0.3) is 0 Å². The second-order valence-electron chi connectivity index (χ2n) is 5.22. The van der Waals surface area contributed by atoms with E-state index in [9.17, 15) is 0 Å². The smallest absolute Gasteiger partial charge is 0.119 e. The van der Waals surface area contributed by atoms with E-state index in [1.807, 2.05) is 54.6 Å². The van der Waals surface area contributed by atoms with E-state index in [2.05, 4.69) is 17.5 Å². The van der Waals surface area contributed by atoms with Crippen LogP contribution in [0.4, 0.5) is 5.69 Å². The lowest BCUT2D eigenvalue weighted by Gasteiger charge is -2.06. The molecule has 0 saturated carbocycles. The lowest BCUT2D eigenvalue weighted by atomic mass is 10.2.